The lowest BCUT2D eigenvalue weighted by Gasteiger charge is -2.21. The van der Waals surface area contributed by atoms with E-state index >= 15 is 0 Å². The van der Waals surface area contributed by atoms with E-state index in [0.29, 0.717) is 12.3 Å². The molecule has 110 valence electrons. The molecule has 0 saturated carbocycles. The average molecular weight is 277 g/mol. The van der Waals surface area contributed by atoms with Crippen molar-refractivity contribution in [1.29, 1.82) is 0 Å². The molecule has 1 aliphatic rings. The van der Waals surface area contributed by atoms with Gasteiger partial charge in [-0.05, 0) is 29.6 Å². The van der Waals surface area contributed by atoms with Gasteiger partial charge < -0.3 is 15.0 Å². The zero-order valence-electron chi connectivity index (χ0n) is 13.0. The molecule has 20 heavy (non-hydrogen) atoms. The Labute approximate surface area is 121 Å². The smallest absolute Gasteiger partial charge is 0.423 e. The highest BCUT2D eigenvalue weighted by Crippen LogP contribution is 2.22. The Morgan fingerprint density at radius 1 is 1.45 bits per heavy atom. The number of carbonyl (C=O) groups excluding carboxylic acids is 1. The lowest BCUT2D eigenvalue weighted by molar-refractivity contribution is -0.124. The van der Waals surface area contributed by atoms with Gasteiger partial charge in [0.05, 0.1) is 6.61 Å². The molecule has 1 amide bonds. The van der Waals surface area contributed by atoms with Crippen LogP contribution in [0.25, 0.3) is 0 Å². The summed E-state index contributed by atoms with van der Waals surface area (Å²) in [5.41, 5.74) is 2.01. The maximum absolute atomic E-state index is 12.0. The van der Waals surface area contributed by atoms with Gasteiger partial charge in [-0.15, -0.1) is 0 Å². The fraction of sp³-hybridized carbons (Fsp3) is 0.533. The predicted molar refractivity (Wildman–Crippen MR) is 82.9 cm³/mol. The second kappa shape index (κ2) is 6.91. The van der Waals surface area contributed by atoms with Gasteiger partial charge in [-0.1, -0.05) is 40.7 Å². The van der Waals surface area contributed by atoms with Crippen LogP contribution in [0.5, 0.6) is 0 Å². The first-order chi connectivity index (χ1) is 9.44. The third kappa shape index (κ3) is 3.61. The molecule has 0 aromatic heterocycles. The summed E-state index contributed by atoms with van der Waals surface area (Å²) in [5.74, 6) is -0.0154. The molecular weight excluding hydrogens is 253 g/mol. The summed E-state index contributed by atoms with van der Waals surface area (Å²) in [7, 11) is -0.879. The van der Waals surface area contributed by atoms with Crippen molar-refractivity contribution >= 4 is 24.2 Å². The SMILES string of the molecule is CC.CCC(C)(C)C(=O)Nc1ccc2c(c1)B(O)OC2. The van der Waals surface area contributed by atoms with Gasteiger partial charge in [-0.2, -0.15) is 0 Å². The minimum atomic E-state index is -0.879. The van der Waals surface area contributed by atoms with Crippen LogP contribution in [0, 0.1) is 5.41 Å². The first kappa shape index (κ1) is 16.7. The van der Waals surface area contributed by atoms with E-state index in [0.717, 1.165) is 17.4 Å². The van der Waals surface area contributed by atoms with Crippen LogP contribution >= 0.6 is 0 Å². The van der Waals surface area contributed by atoms with Crippen LogP contribution in [0.4, 0.5) is 5.69 Å². The van der Waals surface area contributed by atoms with E-state index in [9.17, 15) is 9.82 Å². The summed E-state index contributed by atoms with van der Waals surface area (Å²) < 4.78 is 5.11. The van der Waals surface area contributed by atoms with Crippen LogP contribution in [0.2, 0.25) is 0 Å². The molecule has 0 bridgehead atoms. The zero-order valence-corrected chi connectivity index (χ0v) is 13.0. The normalized spacial score (nSPS) is 13.4. The summed E-state index contributed by atoms with van der Waals surface area (Å²) in [4.78, 5) is 12.0. The van der Waals surface area contributed by atoms with Gasteiger partial charge in [0.1, 0.15) is 0 Å². The molecule has 1 aromatic carbocycles. The number of rotatable bonds is 3. The molecule has 5 heteroatoms. The molecule has 1 aromatic rings. The fourth-order valence-electron chi connectivity index (χ4n) is 1.75. The van der Waals surface area contributed by atoms with Gasteiger partial charge in [0.15, 0.2) is 0 Å². The van der Waals surface area contributed by atoms with E-state index in [-0.39, 0.29) is 5.91 Å². The molecule has 0 spiro atoms. The van der Waals surface area contributed by atoms with Crippen LogP contribution in [-0.4, -0.2) is 18.0 Å². The van der Waals surface area contributed by atoms with Crippen molar-refractivity contribution in [2.75, 3.05) is 5.32 Å². The van der Waals surface area contributed by atoms with Gasteiger partial charge in [0.25, 0.3) is 0 Å². The van der Waals surface area contributed by atoms with Crippen LogP contribution in [0.1, 0.15) is 46.6 Å². The van der Waals surface area contributed by atoms with Crippen molar-refractivity contribution in [2.45, 2.75) is 47.6 Å². The Hall–Kier alpha value is -1.33. The Morgan fingerprint density at radius 3 is 2.70 bits per heavy atom. The summed E-state index contributed by atoms with van der Waals surface area (Å²) in [5, 5.41) is 12.5. The summed E-state index contributed by atoms with van der Waals surface area (Å²) in [6, 6.07) is 5.49. The van der Waals surface area contributed by atoms with Gasteiger partial charge >= 0.3 is 7.12 Å². The standard InChI is InChI=1S/C13H18BNO3.C2H6/c1-4-13(2,3)12(16)15-10-6-5-9-8-18-14(17)11(9)7-10;1-2/h5-7,17H,4,8H2,1-3H3,(H,15,16);1-2H3. The van der Waals surface area contributed by atoms with Crippen LogP contribution < -0.4 is 10.8 Å². The molecule has 1 heterocycles. The van der Waals surface area contributed by atoms with Crippen molar-refractivity contribution in [3.63, 3.8) is 0 Å². The molecule has 0 radical (unpaired) electrons. The third-order valence-electron chi connectivity index (χ3n) is 3.57. The molecule has 4 nitrogen and oxygen atoms in total. The van der Waals surface area contributed by atoms with E-state index < -0.39 is 12.5 Å². The highest BCUT2D eigenvalue weighted by molar-refractivity contribution is 6.61. The number of nitrogens with one attached hydrogen (secondary N) is 1. The Balaban J connectivity index is 0.000000956. The minimum absolute atomic E-state index is 0.0154. The second-order valence-corrected chi connectivity index (χ2v) is 5.27. The first-order valence-electron chi connectivity index (χ1n) is 7.18. The first-order valence-corrected chi connectivity index (χ1v) is 7.18. The van der Waals surface area contributed by atoms with E-state index in [1.165, 1.54) is 0 Å². The fourth-order valence-corrected chi connectivity index (χ4v) is 1.75. The van der Waals surface area contributed by atoms with Crippen molar-refractivity contribution in [3.05, 3.63) is 23.8 Å². The molecule has 0 unspecified atom stereocenters. The third-order valence-corrected chi connectivity index (χ3v) is 3.57. The number of benzene rings is 1. The van der Waals surface area contributed by atoms with E-state index in [1.54, 1.807) is 6.07 Å². The molecule has 0 fully saturated rings. The lowest BCUT2D eigenvalue weighted by Crippen LogP contribution is -2.32. The van der Waals surface area contributed by atoms with Gasteiger partial charge in [-0.25, -0.2) is 0 Å². The topological polar surface area (TPSA) is 58.6 Å². The summed E-state index contributed by atoms with van der Waals surface area (Å²) in [6.07, 6.45) is 0.773. The molecule has 2 N–H and O–H groups in total. The van der Waals surface area contributed by atoms with Crippen molar-refractivity contribution in [3.8, 4) is 0 Å². The zero-order chi connectivity index (χ0) is 15.3. The molecule has 0 aliphatic carbocycles. The van der Waals surface area contributed by atoms with Crippen molar-refractivity contribution < 1.29 is 14.5 Å². The molecule has 0 atom stereocenters. The maximum Gasteiger partial charge on any atom is 0.491 e. The van der Waals surface area contributed by atoms with Gasteiger partial charge in [0, 0.05) is 11.1 Å². The number of hydrogen-bond donors (Lipinski definition) is 2. The Kier molecular flexibility index (Phi) is 5.78. The van der Waals surface area contributed by atoms with Crippen molar-refractivity contribution in [2.24, 2.45) is 5.41 Å². The number of fused-ring (bicyclic) bond motifs is 1. The molecular formula is C15H24BNO3. The number of anilines is 1. The van der Waals surface area contributed by atoms with Gasteiger partial charge in [0.2, 0.25) is 5.91 Å². The quantitative estimate of drug-likeness (QED) is 0.833. The second-order valence-electron chi connectivity index (χ2n) is 5.27. The maximum atomic E-state index is 12.0. The highest BCUT2D eigenvalue weighted by Gasteiger charge is 2.29. The van der Waals surface area contributed by atoms with E-state index in [2.05, 4.69) is 5.32 Å². The highest BCUT2D eigenvalue weighted by atomic mass is 16.5. The van der Waals surface area contributed by atoms with Gasteiger partial charge in [-0.3, -0.25) is 4.79 Å². The van der Waals surface area contributed by atoms with E-state index in [1.807, 2.05) is 46.8 Å². The minimum Gasteiger partial charge on any atom is -0.423 e. The lowest BCUT2D eigenvalue weighted by atomic mass is 9.79. The molecule has 2 rings (SSSR count). The van der Waals surface area contributed by atoms with E-state index in [4.69, 9.17) is 4.65 Å². The Bertz CT molecular complexity index is 474. The number of hydrogen-bond acceptors (Lipinski definition) is 3. The molecule has 1 aliphatic heterocycles. The average Bonchev–Trinajstić information content (AvgIpc) is 2.82. The predicted octanol–water partition coefficient (Wildman–Crippen LogP) is 2.31. The Morgan fingerprint density at radius 2 is 2.10 bits per heavy atom. The number of amides is 1. The van der Waals surface area contributed by atoms with Crippen LogP contribution in [-0.2, 0) is 16.1 Å². The number of carbonyl (C=O) groups is 1. The molecule has 0 saturated heterocycles. The monoisotopic (exact) mass is 277 g/mol. The summed E-state index contributed by atoms with van der Waals surface area (Å²) in [6.45, 7) is 10.2. The largest absolute Gasteiger partial charge is 0.491 e. The van der Waals surface area contributed by atoms with Crippen molar-refractivity contribution in [1.82, 2.24) is 0 Å². The summed E-state index contributed by atoms with van der Waals surface area (Å²) >= 11 is 0. The van der Waals surface area contributed by atoms with Crippen LogP contribution in [0.3, 0.4) is 0 Å². The van der Waals surface area contributed by atoms with Crippen LogP contribution in [0.15, 0.2) is 18.2 Å².